The van der Waals surface area contributed by atoms with Crippen LogP contribution < -0.4 is 16.0 Å². The van der Waals surface area contributed by atoms with E-state index in [1.807, 2.05) is 6.07 Å². The molecule has 2 aromatic rings. The van der Waals surface area contributed by atoms with Crippen molar-refractivity contribution in [3.63, 3.8) is 0 Å². The van der Waals surface area contributed by atoms with Crippen molar-refractivity contribution in [3.8, 4) is 0 Å². The third-order valence-corrected chi connectivity index (χ3v) is 3.40. The van der Waals surface area contributed by atoms with Crippen molar-refractivity contribution in [2.24, 2.45) is 4.99 Å². The average Bonchev–Trinajstić information content (AvgIpc) is 2.61. The number of hydrogen-bond donors (Lipinski definition) is 3. The zero-order valence-corrected chi connectivity index (χ0v) is 13.8. The summed E-state index contributed by atoms with van der Waals surface area (Å²) >= 11 is 0. The minimum atomic E-state index is -0.431. The third-order valence-electron chi connectivity index (χ3n) is 3.40. The fraction of sp³-hybridized carbons (Fsp3) is 0.235. The normalized spacial score (nSPS) is 11.0. The quantitative estimate of drug-likeness (QED) is 0.236. The van der Waals surface area contributed by atoms with Crippen LogP contribution in [-0.4, -0.2) is 31.0 Å². The SMILES string of the molecule is CN=C(NCCNc1ccc([N+](=O)[O-])cc1)NCc1cccc(F)c1. The fourth-order valence-corrected chi connectivity index (χ4v) is 2.14. The van der Waals surface area contributed by atoms with Gasteiger partial charge < -0.3 is 16.0 Å². The van der Waals surface area contributed by atoms with Gasteiger partial charge in [-0.25, -0.2) is 4.39 Å². The first kappa shape index (κ1) is 18.2. The molecule has 0 amide bonds. The number of halogens is 1. The van der Waals surface area contributed by atoms with Gasteiger partial charge >= 0.3 is 0 Å². The first-order valence-corrected chi connectivity index (χ1v) is 7.76. The standard InChI is InChI=1S/C17H20FN5O2/c1-19-17(22-12-13-3-2-4-14(18)11-13)21-10-9-20-15-5-7-16(8-6-15)23(24)25/h2-8,11,20H,9-10,12H2,1H3,(H2,19,21,22). The van der Waals surface area contributed by atoms with E-state index < -0.39 is 4.92 Å². The molecule has 0 spiro atoms. The van der Waals surface area contributed by atoms with Gasteiger partial charge in [0, 0.05) is 44.5 Å². The van der Waals surface area contributed by atoms with Crippen molar-refractivity contribution in [3.05, 3.63) is 70.0 Å². The molecule has 0 unspecified atom stereocenters. The maximum Gasteiger partial charge on any atom is 0.269 e. The lowest BCUT2D eigenvalue weighted by atomic mass is 10.2. The van der Waals surface area contributed by atoms with E-state index in [9.17, 15) is 14.5 Å². The van der Waals surface area contributed by atoms with Gasteiger partial charge in [-0.15, -0.1) is 0 Å². The Hall–Kier alpha value is -3.16. The summed E-state index contributed by atoms with van der Waals surface area (Å²) in [6.07, 6.45) is 0. The van der Waals surface area contributed by atoms with Crippen LogP contribution in [0.2, 0.25) is 0 Å². The van der Waals surface area contributed by atoms with Crippen LogP contribution in [0.25, 0.3) is 0 Å². The van der Waals surface area contributed by atoms with Gasteiger partial charge in [-0.3, -0.25) is 15.1 Å². The molecule has 2 rings (SSSR count). The molecule has 0 bridgehead atoms. The molecule has 0 radical (unpaired) electrons. The van der Waals surface area contributed by atoms with Gasteiger partial charge in [-0.2, -0.15) is 0 Å². The van der Waals surface area contributed by atoms with Crippen molar-refractivity contribution >= 4 is 17.3 Å². The number of nitro benzene ring substituents is 1. The zero-order valence-electron chi connectivity index (χ0n) is 13.8. The predicted molar refractivity (Wildman–Crippen MR) is 96.2 cm³/mol. The van der Waals surface area contributed by atoms with E-state index in [2.05, 4.69) is 20.9 Å². The number of aliphatic imine (C=N–C) groups is 1. The van der Waals surface area contributed by atoms with Crippen LogP contribution in [-0.2, 0) is 6.54 Å². The molecule has 0 aromatic heterocycles. The molecule has 132 valence electrons. The lowest BCUT2D eigenvalue weighted by Crippen LogP contribution is -2.39. The highest BCUT2D eigenvalue weighted by Gasteiger charge is 2.03. The molecular weight excluding hydrogens is 325 g/mol. The van der Waals surface area contributed by atoms with Gasteiger partial charge in [0.05, 0.1) is 4.92 Å². The molecule has 0 aliphatic heterocycles. The van der Waals surface area contributed by atoms with Crippen molar-refractivity contribution in [1.29, 1.82) is 0 Å². The Kier molecular flexibility index (Phi) is 6.70. The van der Waals surface area contributed by atoms with E-state index >= 15 is 0 Å². The van der Waals surface area contributed by atoms with Crippen molar-refractivity contribution in [1.82, 2.24) is 10.6 Å². The van der Waals surface area contributed by atoms with E-state index in [1.165, 1.54) is 24.3 Å². The number of hydrogen-bond acceptors (Lipinski definition) is 4. The van der Waals surface area contributed by atoms with Gasteiger partial charge in [-0.1, -0.05) is 12.1 Å². The summed E-state index contributed by atoms with van der Waals surface area (Å²) in [6, 6.07) is 12.6. The van der Waals surface area contributed by atoms with Crippen molar-refractivity contribution < 1.29 is 9.31 Å². The highest BCUT2D eigenvalue weighted by molar-refractivity contribution is 5.79. The van der Waals surface area contributed by atoms with Crippen molar-refractivity contribution in [2.75, 3.05) is 25.5 Å². The minimum Gasteiger partial charge on any atom is -0.383 e. The van der Waals surface area contributed by atoms with Crippen LogP contribution >= 0.6 is 0 Å². The molecule has 2 aromatic carbocycles. The third kappa shape index (κ3) is 6.09. The lowest BCUT2D eigenvalue weighted by Gasteiger charge is -2.13. The van der Waals surface area contributed by atoms with Crippen LogP contribution in [0, 0.1) is 15.9 Å². The summed E-state index contributed by atoms with van der Waals surface area (Å²) in [7, 11) is 1.66. The van der Waals surface area contributed by atoms with Crippen molar-refractivity contribution in [2.45, 2.75) is 6.54 Å². The number of rotatable bonds is 7. The number of benzene rings is 2. The molecule has 0 aliphatic carbocycles. The number of nitro groups is 1. The Morgan fingerprint density at radius 1 is 1.16 bits per heavy atom. The Bertz CT molecular complexity index is 734. The van der Waals surface area contributed by atoms with E-state index in [0.717, 1.165) is 11.3 Å². The van der Waals surface area contributed by atoms with E-state index in [0.29, 0.717) is 25.6 Å². The maximum absolute atomic E-state index is 13.1. The Morgan fingerprint density at radius 3 is 2.56 bits per heavy atom. The molecular formula is C17H20FN5O2. The molecule has 0 heterocycles. The summed E-state index contributed by atoms with van der Waals surface area (Å²) in [5.41, 5.74) is 1.69. The second-order valence-corrected chi connectivity index (χ2v) is 5.21. The Morgan fingerprint density at radius 2 is 1.92 bits per heavy atom. The molecule has 0 saturated heterocycles. The Balaban J connectivity index is 1.71. The maximum atomic E-state index is 13.1. The number of anilines is 1. The van der Waals surface area contributed by atoms with E-state index in [-0.39, 0.29) is 11.5 Å². The highest BCUT2D eigenvalue weighted by atomic mass is 19.1. The predicted octanol–water partition coefficient (Wildman–Crippen LogP) is 2.51. The first-order chi connectivity index (χ1) is 12.1. The van der Waals surface area contributed by atoms with Crippen LogP contribution in [0.5, 0.6) is 0 Å². The largest absolute Gasteiger partial charge is 0.383 e. The number of non-ortho nitro benzene ring substituents is 1. The highest BCUT2D eigenvalue weighted by Crippen LogP contribution is 2.14. The van der Waals surface area contributed by atoms with Gasteiger partial charge in [0.1, 0.15) is 5.82 Å². The number of guanidine groups is 1. The van der Waals surface area contributed by atoms with Crippen LogP contribution in [0.15, 0.2) is 53.5 Å². The zero-order chi connectivity index (χ0) is 18.1. The first-order valence-electron chi connectivity index (χ1n) is 7.76. The molecule has 0 fully saturated rings. The number of nitrogens with zero attached hydrogens (tertiary/aromatic N) is 2. The van der Waals surface area contributed by atoms with Gasteiger partial charge in [0.25, 0.3) is 5.69 Å². The Labute approximate surface area is 145 Å². The average molecular weight is 345 g/mol. The number of nitrogens with one attached hydrogen (secondary N) is 3. The topological polar surface area (TPSA) is 91.6 Å². The molecule has 0 saturated carbocycles. The second-order valence-electron chi connectivity index (χ2n) is 5.21. The second kappa shape index (κ2) is 9.21. The van der Waals surface area contributed by atoms with Gasteiger partial charge in [0.15, 0.2) is 5.96 Å². The summed E-state index contributed by atoms with van der Waals surface area (Å²) in [5, 5.41) is 20.0. The molecule has 8 heteroatoms. The fourth-order valence-electron chi connectivity index (χ4n) is 2.14. The van der Waals surface area contributed by atoms with Crippen LogP contribution in [0.1, 0.15) is 5.56 Å². The summed E-state index contributed by atoms with van der Waals surface area (Å²) in [4.78, 5) is 14.3. The summed E-state index contributed by atoms with van der Waals surface area (Å²) < 4.78 is 13.1. The summed E-state index contributed by atoms with van der Waals surface area (Å²) in [5.74, 6) is 0.337. The minimum absolute atomic E-state index is 0.0608. The van der Waals surface area contributed by atoms with Crippen LogP contribution in [0.3, 0.4) is 0 Å². The molecule has 7 nitrogen and oxygen atoms in total. The van der Waals surface area contributed by atoms with Crippen LogP contribution in [0.4, 0.5) is 15.8 Å². The van der Waals surface area contributed by atoms with Gasteiger partial charge in [-0.05, 0) is 29.8 Å². The smallest absolute Gasteiger partial charge is 0.269 e. The molecule has 0 atom stereocenters. The monoisotopic (exact) mass is 345 g/mol. The van der Waals surface area contributed by atoms with E-state index in [4.69, 9.17) is 0 Å². The molecule has 25 heavy (non-hydrogen) atoms. The van der Waals surface area contributed by atoms with E-state index in [1.54, 1.807) is 25.2 Å². The molecule has 0 aliphatic rings. The molecule has 3 N–H and O–H groups in total. The van der Waals surface area contributed by atoms with Gasteiger partial charge in [0.2, 0.25) is 0 Å². The summed E-state index contributed by atoms with van der Waals surface area (Å²) in [6.45, 7) is 1.67. The lowest BCUT2D eigenvalue weighted by molar-refractivity contribution is -0.384.